The lowest BCUT2D eigenvalue weighted by Gasteiger charge is -2.32. The van der Waals surface area contributed by atoms with Crippen LogP contribution < -0.4 is 0 Å². The van der Waals surface area contributed by atoms with Crippen molar-refractivity contribution in [3.8, 4) is 0 Å². The number of benzene rings is 1. The normalized spacial score (nSPS) is 23.0. The van der Waals surface area contributed by atoms with Gasteiger partial charge in [0.2, 0.25) is 5.91 Å². The summed E-state index contributed by atoms with van der Waals surface area (Å²) in [5.41, 5.74) is 3.56. The quantitative estimate of drug-likeness (QED) is 0.900. The first-order chi connectivity index (χ1) is 11.5. The van der Waals surface area contributed by atoms with Gasteiger partial charge in [-0.05, 0) is 56.5 Å². The van der Waals surface area contributed by atoms with Crippen LogP contribution >= 0.6 is 0 Å². The third-order valence-corrected chi connectivity index (χ3v) is 5.43. The Hall–Kier alpha value is -1.88. The Labute approximate surface area is 143 Å². The van der Waals surface area contributed by atoms with Crippen LogP contribution in [0.3, 0.4) is 0 Å². The van der Waals surface area contributed by atoms with E-state index >= 15 is 0 Å². The smallest absolute Gasteiger partial charge is 0.308 e. The third kappa shape index (κ3) is 3.46. The number of rotatable bonds is 5. The number of hydrogen-bond donors (Lipinski definition) is 1. The first-order valence-corrected chi connectivity index (χ1v) is 8.77. The Kier molecular flexibility index (Phi) is 4.90. The highest BCUT2D eigenvalue weighted by atomic mass is 16.4. The monoisotopic (exact) mass is 330 g/mol. The summed E-state index contributed by atoms with van der Waals surface area (Å²) in [6, 6.07) is 6.28. The van der Waals surface area contributed by atoms with E-state index in [0.29, 0.717) is 6.54 Å². The molecule has 0 radical (unpaired) electrons. The van der Waals surface area contributed by atoms with E-state index in [1.54, 1.807) is 4.90 Å². The molecular weight excluding hydrogens is 304 g/mol. The van der Waals surface area contributed by atoms with E-state index in [1.807, 2.05) is 0 Å². The predicted molar refractivity (Wildman–Crippen MR) is 91.8 cm³/mol. The molecule has 1 N–H and O–H groups in total. The summed E-state index contributed by atoms with van der Waals surface area (Å²) >= 11 is 0. The predicted octanol–water partition coefficient (Wildman–Crippen LogP) is 2.37. The van der Waals surface area contributed by atoms with Gasteiger partial charge in [-0.15, -0.1) is 0 Å². The molecule has 2 aliphatic heterocycles. The Morgan fingerprint density at radius 1 is 1.25 bits per heavy atom. The van der Waals surface area contributed by atoms with Gasteiger partial charge in [0.25, 0.3) is 0 Å². The number of carbonyl (C=O) groups excluding carboxylic acids is 1. The summed E-state index contributed by atoms with van der Waals surface area (Å²) < 4.78 is 0. The SMILES string of the molecule is Cc1ccc(C(CN2CCCC2)N2CC(C(=O)O)CC2=O)cc1C. The van der Waals surface area contributed by atoms with Gasteiger partial charge in [-0.25, -0.2) is 0 Å². The number of aliphatic carboxylic acids is 1. The zero-order valence-corrected chi connectivity index (χ0v) is 14.5. The Morgan fingerprint density at radius 3 is 2.54 bits per heavy atom. The summed E-state index contributed by atoms with van der Waals surface area (Å²) in [5.74, 6) is -1.49. The van der Waals surface area contributed by atoms with Crippen molar-refractivity contribution in [1.82, 2.24) is 9.80 Å². The Balaban J connectivity index is 1.87. The molecule has 2 saturated heterocycles. The van der Waals surface area contributed by atoms with E-state index in [1.165, 1.54) is 24.0 Å². The van der Waals surface area contributed by atoms with Gasteiger partial charge >= 0.3 is 5.97 Å². The molecule has 0 bridgehead atoms. The molecule has 2 unspecified atom stereocenters. The summed E-state index contributed by atoms with van der Waals surface area (Å²) in [6.07, 6.45) is 2.52. The molecular formula is C19H26N2O3. The second-order valence-electron chi connectivity index (χ2n) is 7.15. The van der Waals surface area contributed by atoms with Crippen LogP contribution in [0.15, 0.2) is 18.2 Å². The minimum atomic E-state index is -0.870. The molecule has 0 saturated carbocycles. The number of carboxylic acid groups (broad SMARTS) is 1. The topological polar surface area (TPSA) is 60.9 Å². The van der Waals surface area contributed by atoms with Crippen molar-refractivity contribution < 1.29 is 14.7 Å². The summed E-state index contributed by atoms with van der Waals surface area (Å²) in [7, 11) is 0. The molecule has 0 spiro atoms. The average Bonchev–Trinajstić information content (AvgIpc) is 3.17. The average molecular weight is 330 g/mol. The molecule has 1 aromatic rings. The maximum atomic E-state index is 12.5. The van der Waals surface area contributed by atoms with Crippen molar-refractivity contribution in [1.29, 1.82) is 0 Å². The van der Waals surface area contributed by atoms with Crippen molar-refractivity contribution in [3.63, 3.8) is 0 Å². The van der Waals surface area contributed by atoms with Gasteiger partial charge in [-0.3, -0.25) is 9.59 Å². The lowest BCUT2D eigenvalue weighted by atomic mass is 9.99. The number of nitrogens with zero attached hydrogens (tertiary/aromatic N) is 2. The van der Waals surface area contributed by atoms with Crippen molar-refractivity contribution in [2.75, 3.05) is 26.2 Å². The largest absolute Gasteiger partial charge is 0.481 e. The molecule has 1 aromatic carbocycles. The van der Waals surface area contributed by atoms with Crippen LogP contribution in [0.4, 0.5) is 0 Å². The van der Waals surface area contributed by atoms with Crippen molar-refractivity contribution in [3.05, 3.63) is 34.9 Å². The molecule has 0 aromatic heterocycles. The number of likely N-dealkylation sites (tertiary alicyclic amines) is 2. The number of carbonyl (C=O) groups is 2. The molecule has 1 amide bonds. The minimum Gasteiger partial charge on any atom is -0.481 e. The van der Waals surface area contributed by atoms with E-state index in [9.17, 15) is 14.7 Å². The van der Waals surface area contributed by atoms with Crippen LogP contribution in [0.25, 0.3) is 0 Å². The van der Waals surface area contributed by atoms with E-state index in [0.717, 1.165) is 25.2 Å². The van der Waals surface area contributed by atoms with Crippen molar-refractivity contribution >= 4 is 11.9 Å². The van der Waals surface area contributed by atoms with E-state index in [-0.39, 0.29) is 18.4 Å². The first-order valence-electron chi connectivity index (χ1n) is 8.77. The van der Waals surface area contributed by atoms with Crippen molar-refractivity contribution in [2.45, 2.75) is 39.2 Å². The zero-order valence-electron chi connectivity index (χ0n) is 14.5. The van der Waals surface area contributed by atoms with Crippen molar-refractivity contribution in [2.24, 2.45) is 5.92 Å². The van der Waals surface area contributed by atoms with Crippen LogP contribution in [0, 0.1) is 19.8 Å². The van der Waals surface area contributed by atoms with Gasteiger partial charge in [0.1, 0.15) is 0 Å². The molecule has 130 valence electrons. The molecule has 3 rings (SSSR count). The maximum Gasteiger partial charge on any atom is 0.308 e. The van der Waals surface area contributed by atoms with Gasteiger partial charge in [0.15, 0.2) is 0 Å². The molecule has 2 atom stereocenters. The first kappa shape index (κ1) is 17.0. The fourth-order valence-corrected chi connectivity index (χ4v) is 3.76. The van der Waals surface area contributed by atoms with E-state index in [4.69, 9.17) is 0 Å². The molecule has 2 aliphatic rings. The summed E-state index contributed by atoms with van der Waals surface area (Å²) in [4.78, 5) is 28.0. The fraction of sp³-hybridized carbons (Fsp3) is 0.579. The van der Waals surface area contributed by atoms with Crippen LogP contribution in [0.2, 0.25) is 0 Å². The van der Waals surface area contributed by atoms with E-state index in [2.05, 4.69) is 36.9 Å². The highest BCUT2D eigenvalue weighted by molar-refractivity contribution is 5.86. The Bertz CT molecular complexity index is 637. The van der Waals surface area contributed by atoms with E-state index < -0.39 is 11.9 Å². The molecule has 5 heteroatoms. The number of hydrogen-bond acceptors (Lipinski definition) is 3. The van der Waals surface area contributed by atoms with Gasteiger partial charge in [-0.2, -0.15) is 0 Å². The second kappa shape index (κ2) is 6.93. The number of carboxylic acids is 1. The molecule has 0 aliphatic carbocycles. The van der Waals surface area contributed by atoms with Gasteiger partial charge < -0.3 is 14.9 Å². The van der Waals surface area contributed by atoms with Gasteiger partial charge in [-0.1, -0.05) is 18.2 Å². The van der Waals surface area contributed by atoms with Gasteiger partial charge in [0, 0.05) is 19.5 Å². The maximum absolute atomic E-state index is 12.5. The fourth-order valence-electron chi connectivity index (χ4n) is 3.76. The summed E-state index contributed by atoms with van der Waals surface area (Å²) in [5, 5.41) is 9.28. The zero-order chi connectivity index (χ0) is 17.3. The van der Waals surface area contributed by atoms with Crippen LogP contribution in [0.1, 0.15) is 42.0 Å². The highest BCUT2D eigenvalue weighted by Gasteiger charge is 2.39. The lowest BCUT2D eigenvalue weighted by molar-refractivity contribution is -0.141. The number of amides is 1. The highest BCUT2D eigenvalue weighted by Crippen LogP contribution is 2.31. The Morgan fingerprint density at radius 2 is 1.96 bits per heavy atom. The standard InChI is InChI=1S/C19H26N2O3/c1-13-5-6-15(9-14(13)2)17(12-20-7-3-4-8-20)21-11-16(19(23)24)10-18(21)22/h5-6,9,16-17H,3-4,7-8,10-12H2,1-2H3,(H,23,24). The van der Waals surface area contributed by atoms with Crippen LogP contribution in [-0.4, -0.2) is 53.0 Å². The molecule has 2 fully saturated rings. The van der Waals surface area contributed by atoms with Crippen LogP contribution in [0.5, 0.6) is 0 Å². The van der Waals surface area contributed by atoms with Gasteiger partial charge in [0.05, 0.1) is 12.0 Å². The molecule has 24 heavy (non-hydrogen) atoms. The van der Waals surface area contributed by atoms with Crippen LogP contribution in [-0.2, 0) is 9.59 Å². The minimum absolute atomic E-state index is 0.0372. The molecule has 5 nitrogen and oxygen atoms in total. The summed E-state index contributed by atoms with van der Waals surface area (Å²) in [6.45, 7) is 7.39. The molecule has 2 heterocycles. The third-order valence-electron chi connectivity index (χ3n) is 5.43. The lowest BCUT2D eigenvalue weighted by Crippen LogP contribution is -2.38. The number of aryl methyl sites for hydroxylation is 2. The second-order valence-corrected chi connectivity index (χ2v) is 7.15.